The highest BCUT2D eigenvalue weighted by Gasteiger charge is 2.10. The number of nitrogens with one attached hydrogen (secondary N) is 1. The number of rotatable bonds is 5. The third-order valence-electron chi connectivity index (χ3n) is 3.50. The standard InChI is InChI=1S/C18H23N3O/c1-13-7-6-8-15(11-13)21-18(19)20-12-14(2)16-9-4-5-10-17(16)22-3/h4-11,14H,12H2,1-3H3,(H3,19,20,21). The van der Waals surface area contributed by atoms with Gasteiger partial charge in [-0.3, -0.25) is 4.99 Å². The number of hydrogen-bond donors (Lipinski definition) is 2. The molecule has 2 aromatic rings. The van der Waals surface area contributed by atoms with E-state index in [1.54, 1.807) is 7.11 Å². The van der Waals surface area contributed by atoms with E-state index in [-0.39, 0.29) is 5.92 Å². The lowest BCUT2D eigenvalue weighted by Gasteiger charge is -2.14. The predicted molar refractivity (Wildman–Crippen MR) is 92.7 cm³/mol. The van der Waals surface area contributed by atoms with Gasteiger partial charge in [0.1, 0.15) is 5.75 Å². The van der Waals surface area contributed by atoms with Crippen molar-refractivity contribution in [2.24, 2.45) is 10.7 Å². The molecule has 0 radical (unpaired) electrons. The van der Waals surface area contributed by atoms with E-state index in [1.807, 2.05) is 49.4 Å². The molecule has 0 spiro atoms. The van der Waals surface area contributed by atoms with Crippen LogP contribution >= 0.6 is 0 Å². The Kier molecular flexibility index (Phi) is 5.42. The lowest BCUT2D eigenvalue weighted by molar-refractivity contribution is 0.407. The fourth-order valence-electron chi connectivity index (χ4n) is 2.32. The number of ether oxygens (including phenoxy) is 1. The Morgan fingerprint density at radius 3 is 2.73 bits per heavy atom. The zero-order valence-electron chi connectivity index (χ0n) is 13.3. The first-order valence-corrected chi connectivity index (χ1v) is 7.36. The number of methoxy groups -OCH3 is 1. The molecule has 3 N–H and O–H groups in total. The first kappa shape index (κ1) is 15.9. The van der Waals surface area contributed by atoms with E-state index in [2.05, 4.69) is 23.3 Å². The first-order valence-electron chi connectivity index (χ1n) is 7.36. The van der Waals surface area contributed by atoms with Gasteiger partial charge in [-0.2, -0.15) is 0 Å². The summed E-state index contributed by atoms with van der Waals surface area (Å²) in [6.45, 7) is 4.76. The molecule has 116 valence electrons. The molecule has 2 rings (SSSR count). The largest absolute Gasteiger partial charge is 0.496 e. The van der Waals surface area contributed by atoms with Crippen LogP contribution in [0.3, 0.4) is 0 Å². The maximum absolute atomic E-state index is 5.96. The molecule has 0 heterocycles. The second kappa shape index (κ2) is 7.50. The molecule has 0 aliphatic carbocycles. The third-order valence-corrected chi connectivity index (χ3v) is 3.50. The van der Waals surface area contributed by atoms with Crippen LogP contribution in [-0.4, -0.2) is 19.6 Å². The highest BCUT2D eigenvalue weighted by atomic mass is 16.5. The molecule has 0 fully saturated rings. The topological polar surface area (TPSA) is 59.6 Å². The highest BCUT2D eigenvalue weighted by molar-refractivity contribution is 5.92. The smallest absolute Gasteiger partial charge is 0.193 e. The van der Waals surface area contributed by atoms with Gasteiger partial charge in [0.25, 0.3) is 0 Å². The van der Waals surface area contributed by atoms with E-state index in [1.165, 1.54) is 5.56 Å². The quantitative estimate of drug-likeness (QED) is 0.655. The van der Waals surface area contributed by atoms with E-state index in [0.29, 0.717) is 12.5 Å². The predicted octanol–water partition coefficient (Wildman–Crippen LogP) is 3.53. The summed E-state index contributed by atoms with van der Waals surface area (Å²) in [7, 11) is 1.68. The summed E-state index contributed by atoms with van der Waals surface area (Å²) < 4.78 is 5.39. The van der Waals surface area contributed by atoms with Crippen molar-refractivity contribution in [2.75, 3.05) is 19.0 Å². The van der Waals surface area contributed by atoms with Crippen LogP contribution in [0.2, 0.25) is 0 Å². The second-order valence-corrected chi connectivity index (χ2v) is 5.36. The molecule has 0 amide bonds. The summed E-state index contributed by atoms with van der Waals surface area (Å²) in [4.78, 5) is 4.43. The number of hydrogen-bond acceptors (Lipinski definition) is 2. The van der Waals surface area contributed by atoms with Crippen molar-refractivity contribution in [3.63, 3.8) is 0 Å². The van der Waals surface area contributed by atoms with Gasteiger partial charge >= 0.3 is 0 Å². The summed E-state index contributed by atoms with van der Waals surface area (Å²) >= 11 is 0. The minimum Gasteiger partial charge on any atom is -0.496 e. The molecule has 0 aliphatic rings. The van der Waals surface area contributed by atoms with Gasteiger partial charge < -0.3 is 15.8 Å². The van der Waals surface area contributed by atoms with Crippen molar-refractivity contribution in [1.82, 2.24) is 0 Å². The molecule has 0 saturated heterocycles. The number of para-hydroxylation sites is 1. The minimum absolute atomic E-state index is 0.231. The van der Waals surface area contributed by atoms with Crippen LogP contribution in [0.15, 0.2) is 53.5 Å². The molecule has 0 aromatic heterocycles. The van der Waals surface area contributed by atoms with E-state index >= 15 is 0 Å². The zero-order valence-corrected chi connectivity index (χ0v) is 13.3. The Morgan fingerprint density at radius 2 is 2.00 bits per heavy atom. The number of nitrogens with two attached hydrogens (primary N) is 1. The summed E-state index contributed by atoms with van der Waals surface area (Å²) in [6, 6.07) is 16.0. The Bertz CT molecular complexity index is 652. The second-order valence-electron chi connectivity index (χ2n) is 5.36. The van der Waals surface area contributed by atoms with E-state index in [9.17, 15) is 0 Å². The van der Waals surface area contributed by atoms with Crippen LogP contribution < -0.4 is 15.8 Å². The number of guanidine groups is 1. The van der Waals surface area contributed by atoms with Gasteiger partial charge in [0, 0.05) is 18.2 Å². The number of nitrogens with zero attached hydrogens (tertiary/aromatic N) is 1. The van der Waals surface area contributed by atoms with Crippen molar-refractivity contribution in [2.45, 2.75) is 19.8 Å². The summed E-state index contributed by atoms with van der Waals surface area (Å²) in [5.74, 6) is 1.54. The van der Waals surface area contributed by atoms with Crippen molar-refractivity contribution in [1.29, 1.82) is 0 Å². The van der Waals surface area contributed by atoms with E-state index in [4.69, 9.17) is 10.5 Å². The van der Waals surface area contributed by atoms with Crippen LogP contribution in [0, 0.1) is 6.92 Å². The molecule has 22 heavy (non-hydrogen) atoms. The molecule has 1 unspecified atom stereocenters. The maximum Gasteiger partial charge on any atom is 0.193 e. The van der Waals surface area contributed by atoms with Gasteiger partial charge in [0.15, 0.2) is 5.96 Å². The van der Waals surface area contributed by atoms with Crippen molar-refractivity contribution < 1.29 is 4.74 Å². The number of aliphatic imine (C=N–C) groups is 1. The van der Waals surface area contributed by atoms with Crippen LogP contribution in [-0.2, 0) is 0 Å². The van der Waals surface area contributed by atoms with Gasteiger partial charge in [-0.05, 0) is 36.2 Å². The molecule has 1 atom stereocenters. The van der Waals surface area contributed by atoms with Crippen LogP contribution in [0.5, 0.6) is 5.75 Å². The normalized spacial score (nSPS) is 12.8. The average Bonchev–Trinajstić information content (AvgIpc) is 2.52. The molecule has 0 bridgehead atoms. The molecule has 0 aliphatic heterocycles. The Labute approximate surface area is 132 Å². The van der Waals surface area contributed by atoms with Crippen LogP contribution in [0.25, 0.3) is 0 Å². The van der Waals surface area contributed by atoms with Gasteiger partial charge in [-0.15, -0.1) is 0 Å². The Hall–Kier alpha value is -2.49. The van der Waals surface area contributed by atoms with Gasteiger partial charge in [-0.1, -0.05) is 37.3 Å². The lowest BCUT2D eigenvalue weighted by atomic mass is 10.0. The summed E-state index contributed by atoms with van der Waals surface area (Å²) in [5, 5.41) is 3.11. The van der Waals surface area contributed by atoms with Crippen molar-refractivity contribution >= 4 is 11.6 Å². The number of aryl methyl sites for hydroxylation is 1. The highest BCUT2D eigenvalue weighted by Crippen LogP contribution is 2.26. The lowest BCUT2D eigenvalue weighted by Crippen LogP contribution is -2.23. The van der Waals surface area contributed by atoms with Crippen molar-refractivity contribution in [3.8, 4) is 5.75 Å². The number of benzene rings is 2. The fraction of sp³-hybridized carbons (Fsp3) is 0.278. The van der Waals surface area contributed by atoms with Crippen LogP contribution in [0.1, 0.15) is 24.0 Å². The maximum atomic E-state index is 5.96. The fourth-order valence-corrected chi connectivity index (χ4v) is 2.32. The summed E-state index contributed by atoms with van der Waals surface area (Å²) in [6.07, 6.45) is 0. The minimum atomic E-state index is 0.231. The molecular weight excluding hydrogens is 274 g/mol. The average molecular weight is 297 g/mol. The summed E-state index contributed by atoms with van der Waals surface area (Å²) in [5.41, 5.74) is 9.23. The van der Waals surface area contributed by atoms with Gasteiger partial charge in [-0.25, -0.2) is 0 Å². The van der Waals surface area contributed by atoms with E-state index in [0.717, 1.165) is 17.0 Å². The van der Waals surface area contributed by atoms with Gasteiger partial charge in [0.2, 0.25) is 0 Å². The SMILES string of the molecule is COc1ccccc1C(C)CN=C(N)Nc1cccc(C)c1. The van der Waals surface area contributed by atoms with Crippen LogP contribution in [0.4, 0.5) is 5.69 Å². The van der Waals surface area contributed by atoms with Crippen molar-refractivity contribution in [3.05, 3.63) is 59.7 Å². The molecular formula is C18H23N3O. The number of anilines is 1. The molecule has 4 nitrogen and oxygen atoms in total. The molecule has 4 heteroatoms. The Morgan fingerprint density at radius 1 is 1.23 bits per heavy atom. The van der Waals surface area contributed by atoms with E-state index < -0.39 is 0 Å². The van der Waals surface area contributed by atoms with Gasteiger partial charge in [0.05, 0.1) is 7.11 Å². The first-order chi connectivity index (χ1) is 10.6. The Balaban J connectivity index is 2.01. The molecule has 2 aromatic carbocycles. The monoisotopic (exact) mass is 297 g/mol. The zero-order chi connectivity index (χ0) is 15.9. The third kappa shape index (κ3) is 4.25. The molecule has 0 saturated carbocycles.